The summed E-state index contributed by atoms with van der Waals surface area (Å²) in [7, 11) is 1.59. The van der Waals surface area contributed by atoms with Gasteiger partial charge >= 0.3 is 5.97 Å². The first-order valence-corrected chi connectivity index (χ1v) is 6.23. The lowest BCUT2D eigenvalue weighted by molar-refractivity contribution is -0.119. The monoisotopic (exact) mass is 256 g/mol. The molecule has 0 saturated heterocycles. The summed E-state index contributed by atoms with van der Waals surface area (Å²) in [5.41, 5.74) is 0.790. The largest absolute Gasteiger partial charge is 0.477 e. The third-order valence-electron chi connectivity index (χ3n) is 2.27. The molecule has 5 nitrogen and oxygen atoms in total. The van der Waals surface area contributed by atoms with Gasteiger partial charge in [-0.1, -0.05) is 6.92 Å². The number of likely N-dealkylation sites (N-methyl/N-ethyl adjacent to an activating group) is 1. The van der Waals surface area contributed by atoms with E-state index in [2.05, 4.69) is 5.32 Å². The van der Waals surface area contributed by atoms with Crippen molar-refractivity contribution in [2.75, 3.05) is 25.0 Å². The number of aromatic carboxylic acids is 1. The number of carboxylic acids is 1. The topological polar surface area (TPSA) is 69.6 Å². The van der Waals surface area contributed by atoms with Crippen molar-refractivity contribution in [2.45, 2.75) is 13.3 Å². The summed E-state index contributed by atoms with van der Waals surface area (Å²) < 4.78 is 0. The Kier molecular flexibility index (Phi) is 4.96. The van der Waals surface area contributed by atoms with E-state index in [1.165, 1.54) is 11.3 Å². The Labute approximate surface area is 104 Å². The average Bonchev–Trinajstić information content (AvgIpc) is 2.77. The standard InChI is InChI=1S/C11H16N2O3S/c1-3-4-13(6-10(14)12-2)8-5-9(11(15)16)17-7-8/h5,7H,3-4,6H2,1-2H3,(H,12,14)(H,15,16). The summed E-state index contributed by atoms with van der Waals surface area (Å²) in [5.74, 6) is -1.01. The maximum Gasteiger partial charge on any atom is 0.345 e. The zero-order valence-electron chi connectivity index (χ0n) is 9.90. The fourth-order valence-electron chi connectivity index (χ4n) is 1.43. The summed E-state index contributed by atoms with van der Waals surface area (Å²) in [5, 5.41) is 13.2. The lowest BCUT2D eigenvalue weighted by Gasteiger charge is -2.21. The molecule has 0 aromatic carbocycles. The van der Waals surface area contributed by atoms with E-state index in [4.69, 9.17) is 5.11 Å². The predicted octanol–water partition coefficient (Wildman–Crippen LogP) is 1.41. The Morgan fingerprint density at radius 2 is 2.24 bits per heavy atom. The highest BCUT2D eigenvalue weighted by Gasteiger charge is 2.14. The molecule has 0 aliphatic carbocycles. The molecule has 1 aromatic rings. The van der Waals surface area contributed by atoms with Crippen LogP contribution in [0, 0.1) is 0 Å². The summed E-state index contributed by atoms with van der Waals surface area (Å²) in [6.07, 6.45) is 0.898. The number of carboxylic acid groups (broad SMARTS) is 1. The molecule has 1 heterocycles. The highest BCUT2D eigenvalue weighted by atomic mass is 32.1. The lowest BCUT2D eigenvalue weighted by Crippen LogP contribution is -2.35. The number of hydrogen-bond acceptors (Lipinski definition) is 4. The van der Waals surface area contributed by atoms with Gasteiger partial charge in [0.1, 0.15) is 4.88 Å². The molecule has 0 aliphatic heterocycles. The molecule has 6 heteroatoms. The quantitative estimate of drug-likeness (QED) is 0.807. The Morgan fingerprint density at radius 3 is 2.71 bits per heavy atom. The van der Waals surface area contributed by atoms with E-state index in [1.54, 1.807) is 18.5 Å². The molecule has 0 radical (unpaired) electrons. The van der Waals surface area contributed by atoms with Crippen molar-refractivity contribution in [3.05, 3.63) is 16.3 Å². The van der Waals surface area contributed by atoms with Crippen molar-refractivity contribution in [2.24, 2.45) is 0 Å². The maximum atomic E-state index is 11.3. The number of nitrogens with zero attached hydrogens (tertiary/aromatic N) is 1. The SMILES string of the molecule is CCCN(CC(=O)NC)c1csc(C(=O)O)c1. The molecule has 0 atom stereocenters. The predicted molar refractivity (Wildman–Crippen MR) is 67.8 cm³/mol. The molecular formula is C11H16N2O3S. The van der Waals surface area contributed by atoms with Crippen molar-refractivity contribution in [1.82, 2.24) is 5.32 Å². The molecule has 1 rings (SSSR count). The maximum absolute atomic E-state index is 11.3. The van der Waals surface area contributed by atoms with Gasteiger partial charge in [-0.2, -0.15) is 0 Å². The molecule has 0 unspecified atom stereocenters. The van der Waals surface area contributed by atoms with Gasteiger partial charge in [0.15, 0.2) is 0 Å². The van der Waals surface area contributed by atoms with Gasteiger partial charge < -0.3 is 15.3 Å². The van der Waals surface area contributed by atoms with E-state index >= 15 is 0 Å². The number of rotatable bonds is 6. The number of thiophene rings is 1. The third kappa shape index (κ3) is 3.74. The van der Waals surface area contributed by atoms with E-state index in [1.807, 2.05) is 11.8 Å². The fraction of sp³-hybridized carbons (Fsp3) is 0.455. The Balaban J connectivity index is 2.81. The van der Waals surface area contributed by atoms with Crippen LogP contribution in [0.2, 0.25) is 0 Å². The summed E-state index contributed by atoms with van der Waals surface area (Å²) in [4.78, 5) is 24.3. The van der Waals surface area contributed by atoms with Gasteiger partial charge in [0, 0.05) is 24.7 Å². The van der Waals surface area contributed by atoms with Gasteiger partial charge in [-0.15, -0.1) is 11.3 Å². The van der Waals surface area contributed by atoms with Gasteiger partial charge in [0.25, 0.3) is 0 Å². The zero-order valence-corrected chi connectivity index (χ0v) is 10.7. The number of anilines is 1. The van der Waals surface area contributed by atoms with Crippen LogP contribution < -0.4 is 10.2 Å². The van der Waals surface area contributed by atoms with Crippen molar-refractivity contribution < 1.29 is 14.7 Å². The van der Waals surface area contributed by atoms with Crippen LogP contribution in [0.3, 0.4) is 0 Å². The highest BCUT2D eigenvalue weighted by Crippen LogP contribution is 2.23. The molecule has 1 aromatic heterocycles. The minimum Gasteiger partial charge on any atom is -0.477 e. The molecule has 2 N–H and O–H groups in total. The molecule has 17 heavy (non-hydrogen) atoms. The van der Waals surface area contributed by atoms with E-state index in [0.29, 0.717) is 0 Å². The van der Waals surface area contributed by atoms with E-state index in [0.717, 1.165) is 18.7 Å². The Morgan fingerprint density at radius 1 is 1.53 bits per heavy atom. The Hall–Kier alpha value is -1.56. The number of carbonyl (C=O) groups excluding carboxylic acids is 1. The van der Waals surface area contributed by atoms with Crippen LogP contribution in [0.15, 0.2) is 11.4 Å². The van der Waals surface area contributed by atoms with Gasteiger partial charge in [-0.3, -0.25) is 4.79 Å². The lowest BCUT2D eigenvalue weighted by atomic mass is 10.3. The van der Waals surface area contributed by atoms with Gasteiger partial charge in [0.2, 0.25) is 5.91 Å². The van der Waals surface area contributed by atoms with Crippen LogP contribution in [0.5, 0.6) is 0 Å². The smallest absolute Gasteiger partial charge is 0.345 e. The summed E-state index contributed by atoms with van der Waals surface area (Å²) in [6, 6.07) is 1.60. The summed E-state index contributed by atoms with van der Waals surface area (Å²) >= 11 is 1.17. The second-order valence-electron chi connectivity index (χ2n) is 3.57. The first-order chi connectivity index (χ1) is 8.08. The van der Waals surface area contributed by atoms with Crippen LogP contribution in [0.1, 0.15) is 23.0 Å². The highest BCUT2D eigenvalue weighted by molar-refractivity contribution is 7.12. The second-order valence-corrected chi connectivity index (χ2v) is 4.48. The fourth-order valence-corrected chi connectivity index (χ4v) is 2.18. The van der Waals surface area contributed by atoms with Crippen LogP contribution in [0.4, 0.5) is 5.69 Å². The Bertz CT molecular complexity index is 403. The summed E-state index contributed by atoms with van der Waals surface area (Å²) in [6.45, 7) is 2.99. The normalized spacial score (nSPS) is 10.0. The van der Waals surface area contributed by atoms with Crippen LogP contribution in [-0.4, -0.2) is 37.1 Å². The molecule has 94 valence electrons. The van der Waals surface area contributed by atoms with Crippen molar-refractivity contribution in [3.8, 4) is 0 Å². The minimum absolute atomic E-state index is 0.0819. The number of nitrogens with one attached hydrogen (secondary N) is 1. The van der Waals surface area contributed by atoms with Crippen LogP contribution in [0.25, 0.3) is 0 Å². The van der Waals surface area contributed by atoms with Crippen LogP contribution in [-0.2, 0) is 4.79 Å². The van der Waals surface area contributed by atoms with Gasteiger partial charge in [0.05, 0.1) is 6.54 Å². The molecule has 1 amide bonds. The zero-order chi connectivity index (χ0) is 12.8. The number of amides is 1. The number of hydrogen-bond donors (Lipinski definition) is 2. The molecular weight excluding hydrogens is 240 g/mol. The van der Waals surface area contributed by atoms with Crippen LogP contribution >= 0.6 is 11.3 Å². The van der Waals surface area contributed by atoms with Crippen molar-refractivity contribution >= 4 is 28.9 Å². The second kappa shape index (κ2) is 6.24. The first kappa shape index (κ1) is 13.5. The van der Waals surface area contributed by atoms with Gasteiger partial charge in [-0.25, -0.2) is 4.79 Å². The molecule has 0 fully saturated rings. The van der Waals surface area contributed by atoms with E-state index in [-0.39, 0.29) is 17.3 Å². The van der Waals surface area contributed by atoms with E-state index < -0.39 is 5.97 Å². The molecule has 0 saturated carbocycles. The molecule has 0 bridgehead atoms. The first-order valence-electron chi connectivity index (χ1n) is 5.35. The minimum atomic E-state index is -0.933. The molecule has 0 spiro atoms. The molecule has 0 aliphatic rings. The van der Waals surface area contributed by atoms with Crippen molar-refractivity contribution in [3.63, 3.8) is 0 Å². The van der Waals surface area contributed by atoms with Gasteiger partial charge in [-0.05, 0) is 12.5 Å². The number of carbonyl (C=O) groups is 2. The average molecular weight is 256 g/mol. The van der Waals surface area contributed by atoms with Crippen molar-refractivity contribution in [1.29, 1.82) is 0 Å². The van der Waals surface area contributed by atoms with E-state index in [9.17, 15) is 9.59 Å². The third-order valence-corrected chi connectivity index (χ3v) is 3.17.